The zero-order valence-corrected chi connectivity index (χ0v) is 14.6. The van der Waals surface area contributed by atoms with E-state index in [9.17, 15) is 13.2 Å². The Balaban J connectivity index is 1.93. The summed E-state index contributed by atoms with van der Waals surface area (Å²) in [6.45, 7) is 1.87. The van der Waals surface area contributed by atoms with Gasteiger partial charge in [-0.1, -0.05) is 30.0 Å². The first kappa shape index (κ1) is 16.3. The van der Waals surface area contributed by atoms with Crippen LogP contribution in [-0.2, 0) is 21.2 Å². The largest absolute Gasteiger partial charge is 0.496 e. The third-order valence-corrected chi connectivity index (χ3v) is 7.21. The molecule has 0 aromatic heterocycles. The molecule has 2 saturated heterocycles. The predicted molar refractivity (Wildman–Crippen MR) is 90.5 cm³/mol. The van der Waals surface area contributed by atoms with E-state index in [0.29, 0.717) is 11.7 Å². The van der Waals surface area contributed by atoms with Crippen LogP contribution in [0.5, 0.6) is 5.75 Å². The van der Waals surface area contributed by atoms with E-state index in [2.05, 4.69) is 4.99 Å². The highest BCUT2D eigenvalue weighted by atomic mass is 32.2. The Morgan fingerprint density at radius 1 is 1.39 bits per heavy atom. The molecule has 0 unspecified atom stereocenters. The minimum Gasteiger partial charge on any atom is -0.496 e. The fraction of sp³-hybridized carbons (Fsp3) is 0.467. The second kappa shape index (κ2) is 6.16. The molecule has 0 aliphatic carbocycles. The maximum absolute atomic E-state index is 11.9. The molecule has 1 aromatic carbocycles. The Morgan fingerprint density at radius 3 is 2.83 bits per heavy atom. The van der Waals surface area contributed by atoms with Gasteiger partial charge in [0.05, 0.1) is 24.7 Å². The summed E-state index contributed by atoms with van der Waals surface area (Å²) in [5.41, 5.74) is 0.941. The van der Waals surface area contributed by atoms with Gasteiger partial charge in [0.25, 0.3) is 0 Å². The molecule has 8 heteroatoms. The lowest BCUT2D eigenvalue weighted by molar-refractivity contribution is -0.115. The van der Waals surface area contributed by atoms with Gasteiger partial charge in [-0.05, 0) is 6.07 Å². The highest BCUT2D eigenvalue weighted by molar-refractivity contribution is 8.15. The molecule has 2 aliphatic heterocycles. The van der Waals surface area contributed by atoms with Crippen molar-refractivity contribution in [2.75, 3.05) is 18.6 Å². The average molecular weight is 354 g/mol. The summed E-state index contributed by atoms with van der Waals surface area (Å²) in [6, 6.07) is 7.45. The minimum atomic E-state index is -3.03. The summed E-state index contributed by atoms with van der Waals surface area (Å²) in [4.78, 5) is 17.4. The van der Waals surface area contributed by atoms with Crippen molar-refractivity contribution in [3.63, 3.8) is 0 Å². The second-order valence-corrected chi connectivity index (χ2v) is 9.01. The van der Waals surface area contributed by atoms with Crippen molar-refractivity contribution in [3.05, 3.63) is 29.8 Å². The molecule has 124 valence electrons. The summed E-state index contributed by atoms with van der Waals surface area (Å²) in [5.74, 6) is 0.711. The van der Waals surface area contributed by atoms with E-state index in [1.165, 1.54) is 18.7 Å². The van der Waals surface area contributed by atoms with E-state index < -0.39 is 9.84 Å². The van der Waals surface area contributed by atoms with Gasteiger partial charge in [-0.3, -0.25) is 4.79 Å². The number of benzene rings is 1. The number of methoxy groups -OCH3 is 1. The van der Waals surface area contributed by atoms with E-state index in [0.717, 1.165) is 11.3 Å². The Morgan fingerprint density at radius 2 is 2.13 bits per heavy atom. The van der Waals surface area contributed by atoms with E-state index in [-0.39, 0.29) is 28.7 Å². The maximum Gasteiger partial charge on any atom is 0.244 e. The lowest BCUT2D eigenvalue weighted by atomic mass is 10.1. The molecular formula is C15H18N2O4S2. The van der Waals surface area contributed by atoms with Crippen LogP contribution in [0.4, 0.5) is 0 Å². The molecule has 2 heterocycles. The average Bonchev–Trinajstić information content (AvgIpc) is 2.92. The van der Waals surface area contributed by atoms with Gasteiger partial charge in [-0.2, -0.15) is 4.99 Å². The Bertz CT molecular complexity index is 760. The molecule has 0 N–H and O–H groups in total. The van der Waals surface area contributed by atoms with E-state index in [4.69, 9.17) is 4.74 Å². The summed E-state index contributed by atoms with van der Waals surface area (Å²) in [6.07, 6.45) is 0. The second-order valence-electron chi connectivity index (χ2n) is 5.65. The van der Waals surface area contributed by atoms with Crippen molar-refractivity contribution in [1.29, 1.82) is 0 Å². The van der Waals surface area contributed by atoms with Gasteiger partial charge in [-0.25, -0.2) is 8.42 Å². The van der Waals surface area contributed by atoms with Gasteiger partial charge in [0, 0.05) is 24.3 Å². The van der Waals surface area contributed by atoms with Crippen molar-refractivity contribution in [2.24, 2.45) is 4.99 Å². The van der Waals surface area contributed by atoms with Crippen LogP contribution in [0.25, 0.3) is 0 Å². The number of thioether (sulfide) groups is 1. The van der Waals surface area contributed by atoms with Crippen molar-refractivity contribution >= 4 is 32.7 Å². The third kappa shape index (κ3) is 3.37. The molecule has 0 saturated carbocycles. The van der Waals surface area contributed by atoms with Gasteiger partial charge >= 0.3 is 0 Å². The molecule has 0 bridgehead atoms. The Labute approximate surface area is 139 Å². The fourth-order valence-corrected chi connectivity index (χ4v) is 6.97. The first-order chi connectivity index (χ1) is 10.9. The van der Waals surface area contributed by atoms with E-state index >= 15 is 0 Å². The van der Waals surface area contributed by atoms with Crippen LogP contribution in [0.3, 0.4) is 0 Å². The van der Waals surface area contributed by atoms with Crippen molar-refractivity contribution < 1.29 is 17.9 Å². The highest BCUT2D eigenvalue weighted by Gasteiger charge is 2.48. The SMILES string of the molecule is COc1ccccc1CN1C(=NC(C)=O)S[C@@H]2CS(=O)(=O)C[C@H]21. The van der Waals surface area contributed by atoms with E-state index in [1.54, 1.807) is 7.11 Å². The quantitative estimate of drug-likeness (QED) is 0.815. The molecule has 2 fully saturated rings. The highest BCUT2D eigenvalue weighted by Crippen LogP contribution is 2.39. The first-order valence-corrected chi connectivity index (χ1v) is 9.94. The molecule has 1 aromatic rings. The van der Waals surface area contributed by atoms with E-state index in [1.807, 2.05) is 29.2 Å². The smallest absolute Gasteiger partial charge is 0.244 e. The van der Waals surface area contributed by atoms with Crippen LogP contribution < -0.4 is 4.74 Å². The van der Waals surface area contributed by atoms with Crippen LogP contribution in [0, 0.1) is 0 Å². The molecule has 2 atom stereocenters. The number of amidine groups is 1. The number of carbonyl (C=O) groups is 1. The number of ether oxygens (including phenoxy) is 1. The molecule has 0 spiro atoms. The number of para-hydroxylation sites is 1. The lowest BCUT2D eigenvalue weighted by Crippen LogP contribution is -2.37. The van der Waals surface area contributed by atoms with Crippen LogP contribution in [0.15, 0.2) is 29.3 Å². The monoisotopic (exact) mass is 354 g/mol. The lowest BCUT2D eigenvalue weighted by Gasteiger charge is -2.25. The molecule has 6 nitrogen and oxygen atoms in total. The van der Waals surface area contributed by atoms with Crippen molar-refractivity contribution in [2.45, 2.75) is 24.8 Å². The van der Waals surface area contributed by atoms with Gasteiger partial charge in [0.1, 0.15) is 5.75 Å². The van der Waals surface area contributed by atoms with Crippen LogP contribution in [-0.4, -0.2) is 54.3 Å². The Kier molecular flexibility index (Phi) is 4.37. The molecule has 1 amide bonds. The zero-order valence-electron chi connectivity index (χ0n) is 12.9. The molecular weight excluding hydrogens is 336 g/mol. The van der Waals surface area contributed by atoms with Gasteiger partial charge in [0.15, 0.2) is 15.0 Å². The van der Waals surface area contributed by atoms with Crippen molar-refractivity contribution in [3.8, 4) is 5.75 Å². The normalized spacial score (nSPS) is 27.2. The first-order valence-electron chi connectivity index (χ1n) is 7.24. The van der Waals surface area contributed by atoms with Crippen molar-refractivity contribution in [1.82, 2.24) is 4.90 Å². The van der Waals surface area contributed by atoms with Crippen LogP contribution in [0.1, 0.15) is 12.5 Å². The number of hydrogen-bond acceptors (Lipinski definition) is 5. The number of rotatable bonds is 3. The summed E-state index contributed by atoms with van der Waals surface area (Å²) in [5, 5.41) is 0.543. The zero-order chi connectivity index (χ0) is 16.6. The number of nitrogens with zero attached hydrogens (tertiary/aromatic N) is 2. The van der Waals surface area contributed by atoms with Gasteiger partial charge in [0.2, 0.25) is 5.91 Å². The maximum atomic E-state index is 11.9. The molecule has 2 aliphatic rings. The topological polar surface area (TPSA) is 76.0 Å². The number of fused-ring (bicyclic) bond motifs is 1. The predicted octanol–water partition coefficient (Wildman–Crippen LogP) is 1.31. The number of sulfone groups is 1. The number of hydrogen-bond donors (Lipinski definition) is 0. The molecule has 0 radical (unpaired) electrons. The number of aliphatic imine (C=N–C) groups is 1. The van der Waals surface area contributed by atoms with Gasteiger partial charge < -0.3 is 9.64 Å². The van der Waals surface area contributed by atoms with Gasteiger partial charge in [-0.15, -0.1) is 0 Å². The third-order valence-electron chi connectivity index (χ3n) is 3.96. The molecule has 23 heavy (non-hydrogen) atoms. The Hall–Kier alpha value is -1.54. The molecule has 3 rings (SSSR count). The summed E-state index contributed by atoms with van der Waals surface area (Å²) < 4.78 is 29.2. The summed E-state index contributed by atoms with van der Waals surface area (Å²) in [7, 11) is -1.43. The standard InChI is InChI=1S/C15H18N2O4S2/c1-10(18)16-15-17(7-11-5-3-4-6-13(11)21-2)12-8-23(19,20)9-14(12)22-15/h3-6,12,14H,7-9H2,1-2H3/t12-,14-/m1/s1. The fourth-order valence-electron chi connectivity index (χ4n) is 2.97. The van der Waals surface area contributed by atoms with Crippen LogP contribution in [0.2, 0.25) is 0 Å². The summed E-state index contributed by atoms with van der Waals surface area (Å²) >= 11 is 1.39. The minimum absolute atomic E-state index is 0.0622. The van der Waals surface area contributed by atoms with Crippen LogP contribution >= 0.6 is 11.8 Å². The number of amides is 1. The number of carbonyl (C=O) groups excluding carboxylic acids is 1.